The highest BCUT2D eigenvalue weighted by molar-refractivity contribution is 5.57. The number of fused-ring (bicyclic) bond motifs is 1. The number of nitrogens with two attached hydrogens (primary N) is 1. The quantitative estimate of drug-likeness (QED) is 0.672. The van der Waals surface area contributed by atoms with E-state index in [0.29, 0.717) is 11.5 Å². The van der Waals surface area contributed by atoms with Gasteiger partial charge in [-0.05, 0) is 44.2 Å². The Morgan fingerprint density at radius 3 is 2.85 bits per heavy atom. The van der Waals surface area contributed by atoms with Crippen LogP contribution in [0.4, 0.5) is 11.5 Å². The standard InChI is InChI=1S/C14H16N4O2/c1-9-6-7-12(13(8-9)18(19)20)17-11-5-3-2-4-10(11)14(15)16-17/h6-8H,2-5H2,1H3,(H2,15,16). The van der Waals surface area contributed by atoms with Crippen molar-refractivity contribution in [3.05, 3.63) is 45.1 Å². The van der Waals surface area contributed by atoms with E-state index in [1.807, 2.05) is 13.0 Å². The van der Waals surface area contributed by atoms with Gasteiger partial charge in [0, 0.05) is 17.3 Å². The van der Waals surface area contributed by atoms with Crippen molar-refractivity contribution in [2.45, 2.75) is 32.6 Å². The molecule has 1 heterocycles. The van der Waals surface area contributed by atoms with Gasteiger partial charge in [-0.1, -0.05) is 6.07 Å². The molecule has 6 nitrogen and oxygen atoms in total. The third kappa shape index (κ3) is 1.93. The van der Waals surface area contributed by atoms with Crippen LogP contribution in [0.1, 0.15) is 29.7 Å². The van der Waals surface area contributed by atoms with Crippen LogP contribution in [0.3, 0.4) is 0 Å². The van der Waals surface area contributed by atoms with Gasteiger partial charge in [-0.2, -0.15) is 0 Å². The number of nitrogens with zero attached hydrogens (tertiary/aromatic N) is 3. The molecule has 0 amide bonds. The van der Waals surface area contributed by atoms with Crippen LogP contribution in [0.2, 0.25) is 0 Å². The fourth-order valence-corrected chi connectivity index (χ4v) is 2.79. The van der Waals surface area contributed by atoms with Crippen molar-refractivity contribution in [1.29, 1.82) is 0 Å². The number of nitro groups is 1. The van der Waals surface area contributed by atoms with Gasteiger partial charge in [0.15, 0.2) is 0 Å². The number of benzene rings is 1. The van der Waals surface area contributed by atoms with Crippen molar-refractivity contribution in [2.75, 3.05) is 5.73 Å². The Morgan fingerprint density at radius 2 is 2.10 bits per heavy atom. The lowest BCUT2D eigenvalue weighted by molar-refractivity contribution is -0.384. The summed E-state index contributed by atoms with van der Waals surface area (Å²) >= 11 is 0. The molecule has 1 aliphatic carbocycles. The Balaban J connectivity index is 2.21. The van der Waals surface area contributed by atoms with Crippen LogP contribution in [-0.4, -0.2) is 14.7 Å². The summed E-state index contributed by atoms with van der Waals surface area (Å²) in [6, 6.07) is 5.17. The van der Waals surface area contributed by atoms with Gasteiger partial charge in [-0.25, -0.2) is 4.68 Å². The molecular weight excluding hydrogens is 256 g/mol. The summed E-state index contributed by atoms with van der Waals surface area (Å²) in [6.07, 6.45) is 3.93. The van der Waals surface area contributed by atoms with E-state index in [1.165, 1.54) is 0 Å². The molecule has 0 aliphatic heterocycles. The first kappa shape index (κ1) is 12.7. The molecule has 104 valence electrons. The van der Waals surface area contributed by atoms with E-state index in [2.05, 4.69) is 5.10 Å². The lowest BCUT2D eigenvalue weighted by Crippen LogP contribution is -2.09. The summed E-state index contributed by atoms with van der Waals surface area (Å²) in [5.74, 6) is 0.495. The summed E-state index contributed by atoms with van der Waals surface area (Å²) in [6.45, 7) is 1.84. The van der Waals surface area contributed by atoms with E-state index in [9.17, 15) is 10.1 Å². The van der Waals surface area contributed by atoms with Gasteiger partial charge in [-0.15, -0.1) is 5.10 Å². The zero-order chi connectivity index (χ0) is 14.3. The molecule has 1 aliphatic rings. The van der Waals surface area contributed by atoms with Crippen molar-refractivity contribution in [2.24, 2.45) is 0 Å². The Bertz CT molecular complexity index is 691. The second-order valence-electron chi connectivity index (χ2n) is 5.18. The van der Waals surface area contributed by atoms with E-state index < -0.39 is 0 Å². The van der Waals surface area contributed by atoms with Gasteiger partial charge in [-0.3, -0.25) is 10.1 Å². The average Bonchev–Trinajstić information content (AvgIpc) is 2.77. The molecule has 0 spiro atoms. The highest BCUT2D eigenvalue weighted by Gasteiger charge is 2.24. The predicted molar refractivity (Wildman–Crippen MR) is 76.0 cm³/mol. The average molecular weight is 272 g/mol. The second-order valence-corrected chi connectivity index (χ2v) is 5.18. The summed E-state index contributed by atoms with van der Waals surface area (Å²) < 4.78 is 1.65. The van der Waals surface area contributed by atoms with Crippen LogP contribution in [0.5, 0.6) is 0 Å². The largest absolute Gasteiger partial charge is 0.382 e. The van der Waals surface area contributed by atoms with Crippen molar-refractivity contribution in [1.82, 2.24) is 9.78 Å². The molecule has 20 heavy (non-hydrogen) atoms. The lowest BCUT2D eigenvalue weighted by Gasteiger charge is -2.14. The summed E-state index contributed by atoms with van der Waals surface area (Å²) in [7, 11) is 0. The molecule has 0 saturated heterocycles. The van der Waals surface area contributed by atoms with E-state index in [4.69, 9.17) is 5.73 Å². The maximum Gasteiger partial charge on any atom is 0.295 e. The minimum absolute atomic E-state index is 0.0703. The normalized spacial score (nSPS) is 14.1. The number of anilines is 1. The van der Waals surface area contributed by atoms with E-state index in [0.717, 1.165) is 42.5 Å². The van der Waals surface area contributed by atoms with Crippen LogP contribution < -0.4 is 5.73 Å². The maximum atomic E-state index is 11.3. The number of aryl methyl sites for hydroxylation is 1. The van der Waals surface area contributed by atoms with Crippen molar-refractivity contribution >= 4 is 11.5 Å². The molecule has 0 saturated carbocycles. The van der Waals surface area contributed by atoms with Crippen LogP contribution in [0, 0.1) is 17.0 Å². The number of aromatic nitrogens is 2. The zero-order valence-corrected chi connectivity index (χ0v) is 11.3. The van der Waals surface area contributed by atoms with Gasteiger partial charge in [0.25, 0.3) is 5.69 Å². The van der Waals surface area contributed by atoms with E-state index in [-0.39, 0.29) is 10.6 Å². The number of hydrogen-bond acceptors (Lipinski definition) is 4. The molecule has 6 heteroatoms. The van der Waals surface area contributed by atoms with Crippen molar-refractivity contribution in [3.63, 3.8) is 0 Å². The molecule has 2 aromatic rings. The van der Waals surface area contributed by atoms with E-state index >= 15 is 0 Å². The molecule has 0 radical (unpaired) electrons. The number of hydrogen-bond donors (Lipinski definition) is 1. The Hall–Kier alpha value is -2.37. The third-order valence-electron chi connectivity index (χ3n) is 3.77. The Morgan fingerprint density at radius 1 is 1.35 bits per heavy atom. The first-order chi connectivity index (χ1) is 9.58. The SMILES string of the molecule is Cc1ccc(-n2nc(N)c3c2CCCC3)c([N+](=O)[O-])c1. The van der Waals surface area contributed by atoms with Crippen LogP contribution in [-0.2, 0) is 12.8 Å². The molecular formula is C14H16N4O2. The molecule has 3 rings (SSSR count). The molecule has 0 bridgehead atoms. The molecule has 0 fully saturated rings. The van der Waals surface area contributed by atoms with Gasteiger partial charge in [0.05, 0.1) is 4.92 Å². The van der Waals surface area contributed by atoms with Crippen molar-refractivity contribution < 1.29 is 4.92 Å². The minimum atomic E-state index is -0.366. The highest BCUT2D eigenvalue weighted by Crippen LogP contribution is 2.31. The van der Waals surface area contributed by atoms with E-state index in [1.54, 1.807) is 16.8 Å². The topological polar surface area (TPSA) is 87.0 Å². The summed E-state index contributed by atoms with van der Waals surface area (Å²) in [4.78, 5) is 10.9. The van der Waals surface area contributed by atoms with Gasteiger partial charge < -0.3 is 5.73 Å². The first-order valence-corrected chi connectivity index (χ1v) is 6.69. The fourth-order valence-electron chi connectivity index (χ4n) is 2.79. The molecule has 0 unspecified atom stereocenters. The lowest BCUT2D eigenvalue weighted by atomic mass is 9.97. The summed E-state index contributed by atoms with van der Waals surface area (Å²) in [5, 5.41) is 15.6. The van der Waals surface area contributed by atoms with Gasteiger partial charge in [0.1, 0.15) is 11.5 Å². The number of nitrogen functional groups attached to an aromatic ring is 1. The Labute approximate surface area is 116 Å². The predicted octanol–water partition coefficient (Wildman–Crippen LogP) is 2.55. The summed E-state index contributed by atoms with van der Waals surface area (Å²) in [5.41, 5.74) is 9.44. The molecule has 0 atom stereocenters. The highest BCUT2D eigenvalue weighted by atomic mass is 16.6. The van der Waals surface area contributed by atoms with Gasteiger partial charge in [0.2, 0.25) is 0 Å². The molecule has 1 aromatic heterocycles. The second kappa shape index (κ2) is 4.63. The number of rotatable bonds is 2. The first-order valence-electron chi connectivity index (χ1n) is 6.69. The third-order valence-corrected chi connectivity index (χ3v) is 3.77. The smallest absolute Gasteiger partial charge is 0.295 e. The monoisotopic (exact) mass is 272 g/mol. The fraction of sp³-hybridized carbons (Fsp3) is 0.357. The van der Waals surface area contributed by atoms with Crippen molar-refractivity contribution in [3.8, 4) is 5.69 Å². The zero-order valence-electron chi connectivity index (χ0n) is 11.3. The van der Waals surface area contributed by atoms with Crippen LogP contribution in [0.25, 0.3) is 5.69 Å². The van der Waals surface area contributed by atoms with Crippen LogP contribution >= 0.6 is 0 Å². The molecule has 2 N–H and O–H groups in total. The van der Waals surface area contributed by atoms with Gasteiger partial charge >= 0.3 is 0 Å². The van der Waals surface area contributed by atoms with Crippen LogP contribution in [0.15, 0.2) is 18.2 Å². The Kier molecular flexibility index (Phi) is 2.93. The number of nitro benzene ring substituents is 1. The molecule has 1 aromatic carbocycles. The maximum absolute atomic E-state index is 11.3. The minimum Gasteiger partial charge on any atom is -0.382 e.